The normalized spacial score (nSPS) is 4.80. The van der Waals surface area contributed by atoms with Crippen LogP contribution in [0.3, 0.4) is 0 Å². The lowest BCUT2D eigenvalue weighted by Crippen LogP contribution is -1.74. The van der Waals surface area contributed by atoms with Crippen molar-refractivity contribution < 1.29 is 5.09 Å². The lowest BCUT2D eigenvalue weighted by atomic mass is 13.1. The molecule has 4 nitrogen and oxygen atoms in total. The number of hydrogen-bond acceptors (Lipinski definition) is 3. The quantitative estimate of drug-likeness (QED) is 0.226. The molecule has 0 heterocycles. The molecule has 0 atom stereocenters. The van der Waals surface area contributed by atoms with E-state index in [9.17, 15) is 0 Å². The van der Waals surface area contributed by atoms with Crippen molar-refractivity contribution >= 4 is 11.0 Å². The Morgan fingerprint density at radius 3 is 1.40 bits per heavy atom. The van der Waals surface area contributed by atoms with E-state index < -0.39 is 5.09 Å². The fraction of sp³-hybridized carbons (Fsp3) is 0. The van der Waals surface area contributed by atoms with Gasteiger partial charge >= 0.3 is 11.0 Å². The SMILES string of the molecule is O=[N+]([O-])[O-].[Si+]. The first-order chi connectivity index (χ1) is 1.73. The van der Waals surface area contributed by atoms with E-state index in [1.54, 1.807) is 0 Å². The van der Waals surface area contributed by atoms with E-state index in [0.29, 0.717) is 0 Å². The highest BCUT2D eigenvalue weighted by Gasteiger charge is 1.45. The summed E-state index contributed by atoms with van der Waals surface area (Å²) >= 11 is 0. The Balaban J connectivity index is 0. The number of nitrogens with zero attached hydrogens (tertiary/aromatic N) is 1. The first kappa shape index (κ1) is 8.83. The van der Waals surface area contributed by atoms with Crippen molar-refractivity contribution in [3.05, 3.63) is 15.3 Å². The van der Waals surface area contributed by atoms with Gasteiger partial charge in [-0.2, -0.15) is 0 Å². The van der Waals surface area contributed by atoms with Gasteiger partial charge in [-0.05, 0) is 0 Å². The maximum absolute atomic E-state index is 8.25. The molecule has 0 saturated heterocycles. The predicted molar refractivity (Wildman–Crippen MR) is 16.1 cm³/mol. The van der Waals surface area contributed by atoms with Crippen LogP contribution in [0.2, 0.25) is 0 Å². The molecule has 0 bridgehead atoms. The first-order valence-corrected chi connectivity index (χ1v) is 0.548. The minimum absolute atomic E-state index is 0. The van der Waals surface area contributed by atoms with E-state index in [0.717, 1.165) is 0 Å². The molecular weight excluding hydrogens is 90.1 g/mol. The van der Waals surface area contributed by atoms with Gasteiger partial charge in [-0.3, -0.25) is 0 Å². The van der Waals surface area contributed by atoms with Crippen LogP contribution in [0.5, 0.6) is 0 Å². The van der Waals surface area contributed by atoms with Crippen LogP contribution in [0.1, 0.15) is 0 Å². The molecule has 0 saturated carbocycles. The van der Waals surface area contributed by atoms with Crippen LogP contribution in [0.25, 0.3) is 0 Å². The van der Waals surface area contributed by atoms with Crippen molar-refractivity contribution in [2.75, 3.05) is 0 Å². The third-order valence-electron chi connectivity index (χ3n) is 0. The first-order valence-electron chi connectivity index (χ1n) is 0.548. The highest BCUT2D eigenvalue weighted by molar-refractivity contribution is 5.75. The zero-order valence-corrected chi connectivity index (χ0v) is 3.17. The summed E-state index contributed by atoms with van der Waals surface area (Å²) in [5.41, 5.74) is 0. The molecule has 0 fully saturated rings. The van der Waals surface area contributed by atoms with Gasteiger partial charge in [-0.1, -0.05) is 0 Å². The summed E-state index contributed by atoms with van der Waals surface area (Å²) in [5, 5.41) is 14.8. The molecular formula is NO3Si. The van der Waals surface area contributed by atoms with Crippen LogP contribution in [0.15, 0.2) is 0 Å². The molecule has 0 aromatic heterocycles. The van der Waals surface area contributed by atoms with Crippen molar-refractivity contribution in [1.29, 1.82) is 0 Å². The van der Waals surface area contributed by atoms with E-state index >= 15 is 0 Å². The van der Waals surface area contributed by atoms with E-state index in [1.165, 1.54) is 0 Å². The van der Waals surface area contributed by atoms with Crippen molar-refractivity contribution in [2.45, 2.75) is 0 Å². The fourth-order valence-electron chi connectivity index (χ4n) is 0. The average molecular weight is 90.1 g/mol. The Morgan fingerprint density at radius 2 is 1.40 bits per heavy atom. The summed E-state index contributed by atoms with van der Waals surface area (Å²) in [4.78, 5) is 8.25. The molecule has 3 radical (unpaired) electrons. The van der Waals surface area contributed by atoms with E-state index in [2.05, 4.69) is 0 Å². The van der Waals surface area contributed by atoms with Crippen molar-refractivity contribution in [2.24, 2.45) is 0 Å². The van der Waals surface area contributed by atoms with Crippen LogP contribution in [-0.4, -0.2) is 16.1 Å². The zero-order valence-electron chi connectivity index (χ0n) is 2.17. The third-order valence-corrected chi connectivity index (χ3v) is 0. The zero-order chi connectivity index (χ0) is 3.58. The average Bonchev–Trinajstić information content (AvgIpc) is 0.811. The summed E-state index contributed by atoms with van der Waals surface area (Å²) in [7, 11) is 0. The van der Waals surface area contributed by atoms with Crippen LogP contribution < -0.4 is 0 Å². The van der Waals surface area contributed by atoms with Gasteiger partial charge in [0, 0.05) is 0 Å². The third kappa shape index (κ3) is 20.2. The van der Waals surface area contributed by atoms with E-state index in [-0.39, 0.29) is 11.0 Å². The highest BCUT2D eigenvalue weighted by atomic mass is 28.1. The fourth-order valence-corrected chi connectivity index (χ4v) is 0. The van der Waals surface area contributed by atoms with E-state index in [4.69, 9.17) is 15.3 Å². The Morgan fingerprint density at radius 1 is 1.40 bits per heavy atom. The van der Waals surface area contributed by atoms with Crippen molar-refractivity contribution in [1.82, 2.24) is 0 Å². The van der Waals surface area contributed by atoms with Gasteiger partial charge in [0.15, 0.2) is 0 Å². The molecule has 5 heteroatoms. The molecule has 0 amide bonds. The standard InChI is InChI=1S/NO3.Si/c2-1(3)4;/q-1;+1. The summed E-state index contributed by atoms with van der Waals surface area (Å²) < 4.78 is 0. The second kappa shape index (κ2) is 3.42. The summed E-state index contributed by atoms with van der Waals surface area (Å²) in [6.45, 7) is 0. The monoisotopic (exact) mass is 90.0 g/mol. The molecule has 0 unspecified atom stereocenters. The Labute approximate surface area is 32.5 Å². The van der Waals surface area contributed by atoms with Crippen molar-refractivity contribution in [3.8, 4) is 0 Å². The molecule has 0 aromatic rings. The number of hydrogen-bond donors (Lipinski definition) is 0. The van der Waals surface area contributed by atoms with Gasteiger partial charge in [-0.25, -0.2) is 0 Å². The van der Waals surface area contributed by atoms with Crippen LogP contribution in [0, 0.1) is 15.3 Å². The summed E-state index contributed by atoms with van der Waals surface area (Å²) in [5.74, 6) is 0. The maximum Gasteiger partial charge on any atom is 1.00 e. The maximum atomic E-state index is 8.25. The molecule has 0 aromatic carbocycles. The molecule has 0 N–H and O–H groups in total. The minimum Gasteiger partial charge on any atom is -0.356 e. The molecule has 0 aliphatic rings. The van der Waals surface area contributed by atoms with Crippen molar-refractivity contribution in [3.63, 3.8) is 0 Å². The molecule has 0 rings (SSSR count). The van der Waals surface area contributed by atoms with Gasteiger partial charge in [0.2, 0.25) is 0 Å². The van der Waals surface area contributed by atoms with Gasteiger partial charge < -0.3 is 15.3 Å². The highest BCUT2D eigenvalue weighted by Crippen LogP contribution is 1.44. The summed E-state index contributed by atoms with van der Waals surface area (Å²) in [6, 6.07) is 0. The Kier molecular flexibility index (Phi) is 6.03. The van der Waals surface area contributed by atoms with E-state index in [1.807, 2.05) is 0 Å². The Bertz CT molecular complexity index is 29.9. The molecule has 5 heavy (non-hydrogen) atoms. The summed E-state index contributed by atoms with van der Waals surface area (Å²) in [6.07, 6.45) is 0. The topological polar surface area (TPSA) is 66.2 Å². The van der Waals surface area contributed by atoms with Crippen LogP contribution >= 0.6 is 0 Å². The van der Waals surface area contributed by atoms with Gasteiger partial charge in [0.25, 0.3) is 0 Å². The molecule has 0 aliphatic heterocycles. The molecule has 27 valence electrons. The van der Waals surface area contributed by atoms with Crippen LogP contribution in [-0.2, 0) is 0 Å². The largest absolute Gasteiger partial charge is 1.00 e. The molecule has 0 spiro atoms. The van der Waals surface area contributed by atoms with Crippen LogP contribution in [0.4, 0.5) is 0 Å². The van der Waals surface area contributed by atoms with Gasteiger partial charge in [0.1, 0.15) is 0 Å². The van der Waals surface area contributed by atoms with Gasteiger partial charge in [-0.15, -0.1) is 0 Å². The number of rotatable bonds is 0. The lowest BCUT2D eigenvalue weighted by Gasteiger charge is -1.74. The van der Waals surface area contributed by atoms with Gasteiger partial charge in [0.05, 0.1) is 5.09 Å². The lowest BCUT2D eigenvalue weighted by molar-refractivity contribution is -0.402. The molecule has 0 aliphatic carbocycles. The Hall–Kier alpha value is -0.583. The smallest absolute Gasteiger partial charge is 0.356 e. The second-order valence-corrected chi connectivity index (χ2v) is 0.224. The predicted octanol–water partition coefficient (Wildman–Crippen LogP) is -0.620. The second-order valence-electron chi connectivity index (χ2n) is 0.224. The minimum atomic E-state index is -1.75.